The summed E-state index contributed by atoms with van der Waals surface area (Å²) in [5, 5.41) is 5.45. The van der Waals surface area contributed by atoms with Crippen molar-refractivity contribution in [1.82, 2.24) is 0 Å². The van der Waals surface area contributed by atoms with E-state index in [-0.39, 0.29) is 24.9 Å². The molecule has 1 aliphatic heterocycles. The lowest BCUT2D eigenvalue weighted by Crippen LogP contribution is -2.24. The number of hydrogen-bond acceptors (Lipinski definition) is 4. The average molecular weight is 411 g/mol. The van der Waals surface area contributed by atoms with Crippen molar-refractivity contribution in [1.29, 1.82) is 0 Å². The van der Waals surface area contributed by atoms with Crippen molar-refractivity contribution in [2.75, 3.05) is 19.0 Å². The topological polar surface area (TPSA) is 90.7 Å². The van der Waals surface area contributed by atoms with Crippen LogP contribution in [0.1, 0.15) is 23.5 Å². The van der Waals surface area contributed by atoms with Crippen LogP contribution in [-0.2, 0) is 9.59 Å². The van der Waals surface area contributed by atoms with Crippen LogP contribution in [0.25, 0.3) is 10.8 Å². The number of hydrogen-bond donors (Lipinski definition) is 2. The number of halogens is 1. The van der Waals surface area contributed by atoms with Gasteiger partial charge in [-0.3, -0.25) is 9.59 Å². The van der Waals surface area contributed by atoms with Gasteiger partial charge in [-0.25, -0.2) is 0 Å². The summed E-state index contributed by atoms with van der Waals surface area (Å²) < 4.78 is 10.8. The van der Waals surface area contributed by atoms with Gasteiger partial charge in [-0.05, 0) is 22.6 Å². The first-order valence-corrected chi connectivity index (χ1v) is 9.45. The predicted octanol–water partition coefficient (Wildman–Crippen LogP) is 3.84. The van der Waals surface area contributed by atoms with Crippen LogP contribution < -0.4 is 20.5 Å². The summed E-state index contributed by atoms with van der Waals surface area (Å²) in [6.07, 6.45) is 0.260. The Morgan fingerprint density at radius 1 is 1.17 bits per heavy atom. The first-order valence-electron chi connectivity index (χ1n) is 9.08. The van der Waals surface area contributed by atoms with Crippen molar-refractivity contribution in [3.8, 4) is 11.5 Å². The zero-order chi connectivity index (χ0) is 20.5. The number of amides is 2. The lowest BCUT2D eigenvalue weighted by molar-refractivity contribution is -0.120. The average Bonchev–Trinajstić information content (AvgIpc) is 2.71. The van der Waals surface area contributed by atoms with Crippen molar-refractivity contribution in [2.45, 2.75) is 12.3 Å². The molecule has 6 nitrogen and oxygen atoms in total. The lowest BCUT2D eigenvalue weighted by atomic mass is 9.83. The van der Waals surface area contributed by atoms with Gasteiger partial charge in [0, 0.05) is 28.8 Å². The van der Waals surface area contributed by atoms with E-state index in [2.05, 4.69) is 5.32 Å². The molecular formula is C22H19ClN2O4. The summed E-state index contributed by atoms with van der Waals surface area (Å²) in [5.41, 5.74) is 7.68. The summed E-state index contributed by atoms with van der Waals surface area (Å²) in [5.74, 6) is -0.187. The van der Waals surface area contributed by atoms with Crippen LogP contribution in [0, 0.1) is 0 Å². The van der Waals surface area contributed by atoms with E-state index in [1.165, 1.54) is 7.11 Å². The second kappa shape index (κ2) is 7.64. The number of benzene rings is 3. The second-order valence-electron chi connectivity index (χ2n) is 6.84. The lowest BCUT2D eigenvalue weighted by Gasteiger charge is -2.28. The molecule has 0 radical (unpaired) electrons. The van der Waals surface area contributed by atoms with E-state index in [1.807, 2.05) is 36.4 Å². The third-order valence-corrected chi connectivity index (χ3v) is 5.35. The Morgan fingerprint density at radius 3 is 2.72 bits per heavy atom. The second-order valence-corrected chi connectivity index (χ2v) is 7.24. The van der Waals surface area contributed by atoms with Crippen LogP contribution in [0.4, 0.5) is 5.69 Å². The largest absolute Gasteiger partial charge is 0.493 e. The molecule has 29 heavy (non-hydrogen) atoms. The van der Waals surface area contributed by atoms with E-state index in [1.54, 1.807) is 12.1 Å². The number of nitrogens with one attached hydrogen (secondary N) is 1. The molecule has 2 amide bonds. The van der Waals surface area contributed by atoms with Gasteiger partial charge < -0.3 is 20.5 Å². The van der Waals surface area contributed by atoms with Gasteiger partial charge in [0.05, 0.1) is 12.8 Å². The van der Waals surface area contributed by atoms with Gasteiger partial charge in [0.1, 0.15) is 0 Å². The standard InChI is InChI=1S/C22H19ClN2O4/c1-28-18-8-16(17(23)10-19(18)29-11-20(24)26)15-9-21(27)25-22-13-5-3-2-4-12(13)6-7-14(15)22/h2-8,10,15H,9,11H2,1H3,(H2,24,26)(H,25,27). The van der Waals surface area contributed by atoms with Gasteiger partial charge >= 0.3 is 0 Å². The first-order chi connectivity index (χ1) is 14.0. The monoisotopic (exact) mass is 410 g/mol. The van der Waals surface area contributed by atoms with E-state index >= 15 is 0 Å². The molecule has 1 atom stereocenters. The van der Waals surface area contributed by atoms with E-state index < -0.39 is 5.91 Å². The zero-order valence-corrected chi connectivity index (χ0v) is 16.5. The van der Waals surface area contributed by atoms with Gasteiger partial charge in [-0.1, -0.05) is 48.0 Å². The van der Waals surface area contributed by atoms with Crippen molar-refractivity contribution in [3.63, 3.8) is 0 Å². The highest BCUT2D eigenvalue weighted by Crippen LogP contribution is 2.45. The highest BCUT2D eigenvalue weighted by atomic mass is 35.5. The van der Waals surface area contributed by atoms with Crippen LogP contribution in [0.2, 0.25) is 5.02 Å². The molecule has 0 aromatic heterocycles. The SMILES string of the molecule is COc1cc(C2CC(=O)Nc3c2ccc2ccccc32)c(Cl)cc1OCC(N)=O. The van der Waals surface area contributed by atoms with Crippen LogP contribution in [0.15, 0.2) is 48.5 Å². The zero-order valence-electron chi connectivity index (χ0n) is 15.7. The maximum Gasteiger partial charge on any atom is 0.255 e. The van der Waals surface area contributed by atoms with E-state index in [0.29, 0.717) is 16.5 Å². The Bertz CT molecular complexity index is 1130. The van der Waals surface area contributed by atoms with Gasteiger partial charge in [-0.2, -0.15) is 0 Å². The third-order valence-electron chi connectivity index (χ3n) is 5.02. The quantitative estimate of drug-likeness (QED) is 0.668. The number of carbonyl (C=O) groups excluding carboxylic acids is 2. The summed E-state index contributed by atoms with van der Waals surface area (Å²) in [6, 6.07) is 15.3. The molecule has 3 aromatic rings. The van der Waals surface area contributed by atoms with Gasteiger partial charge in [0.15, 0.2) is 18.1 Å². The molecule has 3 aromatic carbocycles. The summed E-state index contributed by atoms with van der Waals surface area (Å²) in [6.45, 7) is -0.285. The van der Waals surface area contributed by atoms with Crippen molar-refractivity contribution in [3.05, 3.63) is 64.7 Å². The van der Waals surface area contributed by atoms with Crippen molar-refractivity contribution in [2.24, 2.45) is 5.73 Å². The fourth-order valence-electron chi connectivity index (χ4n) is 3.72. The van der Waals surface area contributed by atoms with Crippen LogP contribution in [0.5, 0.6) is 11.5 Å². The minimum atomic E-state index is -0.600. The first kappa shape index (κ1) is 19.1. The number of ether oxygens (including phenoxy) is 2. The fourth-order valence-corrected chi connectivity index (χ4v) is 4.01. The van der Waals surface area contributed by atoms with E-state index in [4.69, 9.17) is 26.8 Å². The van der Waals surface area contributed by atoms with Crippen molar-refractivity contribution >= 4 is 39.9 Å². The molecule has 1 unspecified atom stereocenters. The third kappa shape index (κ3) is 3.59. The molecule has 0 saturated carbocycles. The maximum atomic E-state index is 12.5. The van der Waals surface area contributed by atoms with Gasteiger partial charge in [0.2, 0.25) is 5.91 Å². The minimum Gasteiger partial charge on any atom is -0.493 e. The smallest absolute Gasteiger partial charge is 0.255 e. The Balaban J connectivity index is 1.82. The maximum absolute atomic E-state index is 12.5. The Labute approximate surface area is 172 Å². The fraction of sp³-hybridized carbons (Fsp3) is 0.182. The summed E-state index contributed by atoms with van der Waals surface area (Å²) >= 11 is 6.56. The highest BCUT2D eigenvalue weighted by Gasteiger charge is 2.30. The number of fused-ring (bicyclic) bond motifs is 3. The van der Waals surface area contributed by atoms with Gasteiger partial charge in [0.25, 0.3) is 5.91 Å². The van der Waals surface area contributed by atoms with E-state index in [0.717, 1.165) is 27.6 Å². The Hall–Kier alpha value is -3.25. The van der Waals surface area contributed by atoms with Gasteiger partial charge in [-0.15, -0.1) is 0 Å². The van der Waals surface area contributed by atoms with Crippen LogP contribution in [0.3, 0.4) is 0 Å². The molecule has 3 N–H and O–H groups in total. The predicted molar refractivity (Wildman–Crippen MR) is 112 cm³/mol. The molecule has 4 rings (SSSR count). The normalized spacial score (nSPS) is 15.5. The molecule has 148 valence electrons. The summed E-state index contributed by atoms with van der Waals surface area (Å²) in [4.78, 5) is 23.5. The molecule has 0 fully saturated rings. The van der Waals surface area contributed by atoms with Crippen LogP contribution >= 0.6 is 11.6 Å². The molecule has 0 bridgehead atoms. The Kier molecular flexibility index (Phi) is 5.03. The number of rotatable bonds is 5. The molecule has 0 saturated heterocycles. The van der Waals surface area contributed by atoms with E-state index in [9.17, 15) is 9.59 Å². The minimum absolute atomic E-state index is 0.0806. The molecule has 1 aliphatic rings. The molecular weight excluding hydrogens is 392 g/mol. The van der Waals surface area contributed by atoms with Crippen molar-refractivity contribution < 1.29 is 19.1 Å². The molecule has 0 aliphatic carbocycles. The number of primary amides is 1. The molecule has 0 spiro atoms. The van der Waals surface area contributed by atoms with Crippen LogP contribution in [-0.4, -0.2) is 25.5 Å². The number of nitrogens with two attached hydrogens (primary N) is 1. The number of carbonyl (C=O) groups is 2. The number of methoxy groups -OCH3 is 1. The summed E-state index contributed by atoms with van der Waals surface area (Å²) in [7, 11) is 1.50. The highest BCUT2D eigenvalue weighted by molar-refractivity contribution is 6.31. The molecule has 7 heteroatoms. The molecule has 1 heterocycles. The number of anilines is 1. The Morgan fingerprint density at radius 2 is 1.97 bits per heavy atom.